The van der Waals surface area contributed by atoms with Gasteiger partial charge in [0.2, 0.25) is 0 Å². The van der Waals surface area contributed by atoms with Gasteiger partial charge in [-0.25, -0.2) is 0 Å². The summed E-state index contributed by atoms with van der Waals surface area (Å²) in [6, 6.07) is -0.638. The summed E-state index contributed by atoms with van der Waals surface area (Å²) in [6.07, 6.45) is -4.26. The van der Waals surface area contributed by atoms with Crippen LogP contribution in [0.1, 0.15) is 6.92 Å². The zero-order valence-electron chi connectivity index (χ0n) is 12.7. The normalized spacial score (nSPS) is 20.7. The Labute approximate surface area is 144 Å². The molecule has 1 aliphatic rings. The number of carbonyl (C=O) groups is 3. The van der Waals surface area contributed by atoms with E-state index in [0.29, 0.717) is 13.1 Å². The van der Waals surface area contributed by atoms with E-state index in [1.807, 2.05) is 0 Å². The van der Waals surface area contributed by atoms with E-state index in [-0.39, 0.29) is 50.1 Å². The van der Waals surface area contributed by atoms with Gasteiger partial charge in [0.15, 0.2) is 0 Å². The first-order valence-corrected chi connectivity index (χ1v) is 6.93. The van der Waals surface area contributed by atoms with Crippen molar-refractivity contribution >= 4 is 18.3 Å². The molecule has 1 atom stereocenters. The van der Waals surface area contributed by atoms with Crippen LogP contribution in [0.5, 0.6) is 0 Å². The molecular formula is C12H19CrN4O6. The van der Waals surface area contributed by atoms with Crippen molar-refractivity contribution in [1.82, 2.24) is 20.0 Å². The molecule has 0 saturated carbocycles. The summed E-state index contributed by atoms with van der Waals surface area (Å²) in [5, 5.41) is 36.1. The summed E-state index contributed by atoms with van der Waals surface area (Å²) >= 11 is 0. The van der Waals surface area contributed by atoms with Crippen LogP contribution >= 0.6 is 0 Å². The van der Waals surface area contributed by atoms with Crippen molar-refractivity contribution in [2.24, 2.45) is 0 Å². The molecule has 1 unspecified atom stereocenters. The van der Waals surface area contributed by atoms with Crippen molar-refractivity contribution in [3.05, 3.63) is 0 Å². The van der Waals surface area contributed by atoms with E-state index in [4.69, 9.17) is 0 Å². The Hall–Kier alpha value is -1.70. The molecule has 0 aromatic carbocycles. The molecule has 0 aromatic heterocycles. The van der Waals surface area contributed by atoms with Gasteiger partial charge in [-0.05, 0) is 6.92 Å². The summed E-state index contributed by atoms with van der Waals surface area (Å²) in [5.41, 5.74) is 0. The van der Waals surface area contributed by atoms with E-state index in [2.05, 4.69) is 5.32 Å². The quantitative estimate of drug-likeness (QED) is 0.459. The van der Waals surface area contributed by atoms with Crippen molar-refractivity contribution in [2.45, 2.75) is 13.0 Å². The summed E-state index contributed by atoms with van der Waals surface area (Å²) in [6.45, 7) is 2.04. The minimum absolute atomic E-state index is 0. The molecule has 0 bridgehead atoms. The second kappa shape index (κ2) is 10.1. The Balaban J connectivity index is 0.00000484. The number of rotatable bonds is 0. The summed E-state index contributed by atoms with van der Waals surface area (Å²) in [7, 11) is 0. The fraction of sp³-hybridized carbons (Fsp3) is 0.750. The molecule has 0 aliphatic carbocycles. The van der Waals surface area contributed by atoms with Gasteiger partial charge in [-0.3, -0.25) is 0 Å². The predicted molar refractivity (Wildman–Crippen MR) is 68.4 cm³/mol. The van der Waals surface area contributed by atoms with Crippen LogP contribution in [0, 0.1) is 0 Å². The molecule has 10 nitrogen and oxygen atoms in total. The topological polar surface area (TPSA) is 142 Å². The maximum Gasteiger partial charge on any atom is 3.00 e. The van der Waals surface area contributed by atoms with Crippen LogP contribution in [0.3, 0.4) is 0 Å². The van der Waals surface area contributed by atoms with Crippen molar-refractivity contribution in [1.29, 1.82) is 0 Å². The van der Waals surface area contributed by atoms with Gasteiger partial charge in [0.25, 0.3) is 0 Å². The Kier molecular flexibility index (Phi) is 9.40. The van der Waals surface area contributed by atoms with E-state index < -0.39 is 24.3 Å². The zero-order chi connectivity index (χ0) is 16.7. The van der Waals surface area contributed by atoms with Gasteiger partial charge in [-0.1, -0.05) is 0 Å². The predicted octanol–water partition coefficient (Wildman–Crippen LogP) is -4.09. The first-order chi connectivity index (χ1) is 10.3. The Morgan fingerprint density at radius 3 is 1.91 bits per heavy atom. The van der Waals surface area contributed by atoms with Crippen LogP contribution in [0.4, 0.5) is 14.4 Å². The maximum atomic E-state index is 11.1. The fourth-order valence-electron chi connectivity index (χ4n) is 2.24. The van der Waals surface area contributed by atoms with Crippen LogP contribution in [-0.4, -0.2) is 84.8 Å². The SMILES string of the molecule is CC1CN(C(=O)[O-])CCN(C(=O)[O-])CCNCCN1C(=O)[O-].[Cr+3]. The molecule has 129 valence electrons. The van der Waals surface area contributed by atoms with Gasteiger partial charge in [-0.15, -0.1) is 0 Å². The van der Waals surface area contributed by atoms with Crippen LogP contribution in [-0.2, 0) is 17.4 Å². The van der Waals surface area contributed by atoms with E-state index in [1.165, 1.54) is 0 Å². The van der Waals surface area contributed by atoms with Gasteiger partial charge >= 0.3 is 17.4 Å². The third kappa shape index (κ3) is 6.94. The van der Waals surface area contributed by atoms with E-state index in [1.54, 1.807) is 6.92 Å². The first kappa shape index (κ1) is 21.3. The molecule has 11 heteroatoms. The van der Waals surface area contributed by atoms with Crippen LogP contribution in [0.15, 0.2) is 0 Å². The van der Waals surface area contributed by atoms with Gasteiger partial charge in [0.1, 0.15) is 18.3 Å². The number of amides is 3. The minimum atomic E-state index is -1.49. The molecular weight excluding hydrogens is 348 g/mol. The molecule has 1 N–H and O–H groups in total. The third-order valence-corrected chi connectivity index (χ3v) is 3.50. The number of hydrogen-bond donors (Lipinski definition) is 1. The van der Waals surface area contributed by atoms with E-state index in [0.717, 1.165) is 14.7 Å². The third-order valence-electron chi connectivity index (χ3n) is 3.50. The van der Waals surface area contributed by atoms with Gasteiger partial charge in [0, 0.05) is 51.9 Å². The molecule has 3 amide bonds. The smallest absolute Gasteiger partial charge is 0.530 e. The summed E-state index contributed by atoms with van der Waals surface area (Å²) in [5.74, 6) is 0. The number of nitrogens with one attached hydrogen (secondary N) is 1. The molecule has 23 heavy (non-hydrogen) atoms. The molecule has 1 fully saturated rings. The largest absolute Gasteiger partial charge is 3.00 e. The second-order valence-corrected chi connectivity index (χ2v) is 5.02. The van der Waals surface area contributed by atoms with Gasteiger partial charge in [0.05, 0.1) is 0 Å². The van der Waals surface area contributed by atoms with E-state index in [9.17, 15) is 29.7 Å². The number of nitrogens with zero attached hydrogens (tertiary/aromatic N) is 3. The molecule has 0 spiro atoms. The molecule has 1 radical (unpaired) electrons. The van der Waals surface area contributed by atoms with Crippen LogP contribution in [0.25, 0.3) is 0 Å². The number of carbonyl (C=O) groups excluding carboxylic acids is 3. The molecule has 1 saturated heterocycles. The van der Waals surface area contributed by atoms with E-state index >= 15 is 0 Å². The number of carboxylic acid groups (broad SMARTS) is 3. The van der Waals surface area contributed by atoms with Crippen molar-refractivity contribution < 1.29 is 47.1 Å². The standard InChI is InChI=1S/C12H22N4O6.Cr/c1-9-8-15(11(19)20)7-6-14(10(17)18)4-2-13-3-5-16(9)12(21)22;/h9,13H,2-8H2,1H3,(H,17,18)(H,19,20)(H,21,22);/q;+3/p-3. The molecule has 1 aliphatic heterocycles. The average Bonchev–Trinajstić information content (AvgIpc) is 2.41. The molecule has 1 heterocycles. The number of hydrogen-bond acceptors (Lipinski definition) is 7. The fourth-order valence-corrected chi connectivity index (χ4v) is 2.24. The first-order valence-electron chi connectivity index (χ1n) is 6.93. The Bertz CT molecular complexity index is 424. The van der Waals surface area contributed by atoms with Crippen molar-refractivity contribution in [3.63, 3.8) is 0 Å². The monoisotopic (exact) mass is 367 g/mol. The van der Waals surface area contributed by atoms with Crippen LogP contribution in [0.2, 0.25) is 0 Å². The molecule has 0 aromatic rings. The van der Waals surface area contributed by atoms with Crippen molar-refractivity contribution in [3.8, 4) is 0 Å². The zero-order valence-corrected chi connectivity index (χ0v) is 14.0. The van der Waals surface area contributed by atoms with Gasteiger partial charge in [-0.2, -0.15) is 0 Å². The Morgan fingerprint density at radius 1 is 0.870 bits per heavy atom. The Morgan fingerprint density at radius 2 is 1.39 bits per heavy atom. The van der Waals surface area contributed by atoms with Crippen molar-refractivity contribution in [2.75, 3.05) is 45.8 Å². The minimum Gasteiger partial charge on any atom is -0.530 e. The summed E-state index contributed by atoms with van der Waals surface area (Å²) in [4.78, 5) is 36.1. The summed E-state index contributed by atoms with van der Waals surface area (Å²) < 4.78 is 0. The molecule has 1 rings (SSSR count). The van der Waals surface area contributed by atoms with Crippen LogP contribution < -0.4 is 20.6 Å². The van der Waals surface area contributed by atoms with Gasteiger partial charge < -0.3 is 49.7 Å². The second-order valence-electron chi connectivity index (χ2n) is 5.02. The maximum absolute atomic E-state index is 11.1. The average molecular weight is 367 g/mol.